The van der Waals surface area contributed by atoms with Gasteiger partial charge in [0.1, 0.15) is 11.4 Å². The summed E-state index contributed by atoms with van der Waals surface area (Å²) >= 11 is 3.17. The van der Waals surface area contributed by atoms with E-state index in [4.69, 9.17) is 4.74 Å². The second-order valence-electron chi connectivity index (χ2n) is 2.63. The van der Waals surface area contributed by atoms with Crippen LogP contribution in [0, 0.1) is 0 Å². The number of aldehydes is 1. The average Bonchev–Trinajstić information content (AvgIpc) is 2.03. The zero-order valence-corrected chi connectivity index (χ0v) is 8.17. The van der Waals surface area contributed by atoms with Gasteiger partial charge in [0, 0.05) is 10.9 Å². The van der Waals surface area contributed by atoms with Crippen LogP contribution < -0.4 is 0 Å². The van der Waals surface area contributed by atoms with Gasteiger partial charge in [-0.15, -0.1) is 0 Å². The molecular formula is C8H9BrO3. The van der Waals surface area contributed by atoms with Crippen LogP contribution in [-0.4, -0.2) is 24.1 Å². The molecule has 0 bridgehead atoms. The molecule has 12 heavy (non-hydrogen) atoms. The van der Waals surface area contributed by atoms with Crippen molar-refractivity contribution < 1.29 is 14.6 Å². The Labute approximate surface area is 78.8 Å². The molecule has 0 fully saturated rings. The van der Waals surface area contributed by atoms with Gasteiger partial charge < -0.3 is 9.84 Å². The molecule has 0 aliphatic heterocycles. The highest BCUT2D eigenvalue weighted by Gasteiger charge is 2.28. The van der Waals surface area contributed by atoms with E-state index in [0.717, 1.165) is 0 Å². The molecule has 4 heteroatoms. The SMILES string of the molecule is COC1=CC(Br)=CC(O)(C=O)C1. The van der Waals surface area contributed by atoms with E-state index in [0.29, 0.717) is 16.5 Å². The zero-order valence-electron chi connectivity index (χ0n) is 6.58. The van der Waals surface area contributed by atoms with Crippen molar-refractivity contribution in [3.63, 3.8) is 0 Å². The smallest absolute Gasteiger partial charge is 0.156 e. The van der Waals surface area contributed by atoms with E-state index in [1.54, 1.807) is 6.08 Å². The van der Waals surface area contributed by atoms with Crippen molar-refractivity contribution in [3.05, 3.63) is 22.4 Å². The molecule has 0 spiro atoms. The molecule has 0 aromatic carbocycles. The van der Waals surface area contributed by atoms with Crippen molar-refractivity contribution in [2.45, 2.75) is 12.0 Å². The van der Waals surface area contributed by atoms with Gasteiger partial charge in [-0.1, -0.05) is 15.9 Å². The van der Waals surface area contributed by atoms with Crippen LogP contribution in [-0.2, 0) is 9.53 Å². The molecule has 1 aliphatic rings. The van der Waals surface area contributed by atoms with E-state index < -0.39 is 5.60 Å². The summed E-state index contributed by atoms with van der Waals surface area (Å²) in [4.78, 5) is 10.5. The summed E-state index contributed by atoms with van der Waals surface area (Å²) in [5.74, 6) is 0.582. The number of hydrogen-bond donors (Lipinski definition) is 1. The number of aliphatic hydroxyl groups is 1. The summed E-state index contributed by atoms with van der Waals surface area (Å²) < 4.78 is 5.58. The standard InChI is InChI=1S/C8H9BrO3/c1-12-7-2-6(9)3-8(11,4-7)5-10/h2-3,5,11H,4H2,1H3. The Bertz CT molecular complexity index is 257. The summed E-state index contributed by atoms with van der Waals surface area (Å²) in [7, 11) is 1.50. The Balaban J connectivity index is 2.92. The first-order valence-electron chi connectivity index (χ1n) is 3.41. The number of carbonyl (C=O) groups excluding carboxylic acids is 1. The Morgan fingerprint density at radius 1 is 1.83 bits per heavy atom. The number of rotatable bonds is 2. The molecule has 0 radical (unpaired) electrons. The van der Waals surface area contributed by atoms with Gasteiger partial charge in [-0.25, -0.2) is 0 Å². The fraction of sp³-hybridized carbons (Fsp3) is 0.375. The van der Waals surface area contributed by atoms with Gasteiger partial charge in [-0.2, -0.15) is 0 Å². The second kappa shape index (κ2) is 3.41. The first kappa shape index (κ1) is 9.48. The van der Waals surface area contributed by atoms with Crippen LogP contribution in [0.15, 0.2) is 22.4 Å². The lowest BCUT2D eigenvalue weighted by Crippen LogP contribution is -2.30. The zero-order chi connectivity index (χ0) is 9.19. The van der Waals surface area contributed by atoms with Crippen LogP contribution in [0.25, 0.3) is 0 Å². The summed E-state index contributed by atoms with van der Waals surface area (Å²) in [5, 5.41) is 9.56. The molecule has 1 rings (SSSR count). The summed E-state index contributed by atoms with van der Waals surface area (Å²) in [6.07, 6.45) is 3.86. The molecular weight excluding hydrogens is 224 g/mol. The van der Waals surface area contributed by atoms with Crippen molar-refractivity contribution in [2.24, 2.45) is 0 Å². The van der Waals surface area contributed by atoms with E-state index in [-0.39, 0.29) is 6.42 Å². The molecule has 0 saturated heterocycles. The highest BCUT2D eigenvalue weighted by atomic mass is 79.9. The van der Waals surface area contributed by atoms with E-state index >= 15 is 0 Å². The van der Waals surface area contributed by atoms with Gasteiger partial charge in [0.2, 0.25) is 0 Å². The minimum Gasteiger partial charge on any atom is -0.501 e. The normalized spacial score (nSPS) is 28.9. The quantitative estimate of drug-likeness (QED) is 0.727. The summed E-state index contributed by atoms with van der Waals surface area (Å²) in [5.41, 5.74) is -1.42. The third-order valence-electron chi connectivity index (χ3n) is 1.61. The van der Waals surface area contributed by atoms with Gasteiger partial charge >= 0.3 is 0 Å². The van der Waals surface area contributed by atoms with Gasteiger partial charge in [0.05, 0.1) is 7.11 Å². The first-order valence-corrected chi connectivity index (χ1v) is 4.20. The van der Waals surface area contributed by atoms with Crippen LogP contribution >= 0.6 is 15.9 Å². The third kappa shape index (κ3) is 1.95. The molecule has 0 saturated carbocycles. The van der Waals surface area contributed by atoms with Gasteiger partial charge in [-0.05, 0) is 12.2 Å². The molecule has 0 amide bonds. The number of hydrogen-bond acceptors (Lipinski definition) is 3. The Kier molecular flexibility index (Phi) is 2.69. The lowest BCUT2D eigenvalue weighted by molar-refractivity contribution is -0.120. The molecule has 0 heterocycles. The summed E-state index contributed by atoms with van der Waals surface area (Å²) in [6.45, 7) is 0. The highest BCUT2D eigenvalue weighted by Crippen LogP contribution is 2.27. The monoisotopic (exact) mass is 232 g/mol. The molecule has 0 aromatic rings. The van der Waals surface area contributed by atoms with Crippen LogP contribution in [0.2, 0.25) is 0 Å². The van der Waals surface area contributed by atoms with Crippen LogP contribution in [0.4, 0.5) is 0 Å². The van der Waals surface area contributed by atoms with E-state index in [2.05, 4.69) is 15.9 Å². The minimum absolute atomic E-state index is 0.197. The lowest BCUT2D eigenvalue weighted by Gasteiger charge is -2.22. The average molecular weight is 233 g/mol. The van der Waals surface area contributed by atoms with Crippen molar-refractivity contribution in [1.82, 2.24) is 0 Å². The van der Waals surface area contributed by atoms with E-state index in [9.17, 15) is 9.90 Å². The van der Waals surface area contributed by atoms with Gasteiger partial charge in [-0.3, -0.25) is 4.79 Å². The molecule has 66 valence electrons. The largest absolute Gasteiger partial charge is 0.501 e. The van der Waals surface area contributed by atoms with Gasteiger partial charge in [0.25, 0.3) is 0 Å². The van der Waals surface area contributed by atoms with Crippen molar-refractivity contribution >= 4 is 22.2 Å². The lowest BCUT2D eigenvalue weighted by atomic mass is 9.96. The highest BCUT2D eigenvalue weighted by molar-refractivity contribution is 9.11. The van der Waals surface area contributed by atoms with E-state index in [1.807, 2.05) is 0 Å². The Morgan fingerprint density at radius 3 is 3.00 bits per heavy atom. The first-order chi connectivity index (χ1) is 5.59. The molecule has 1 N–H and O–H groups in total. The maximum absolute atomic E-state index is 10.5. The predicted molar refractivity (Wildman–Crippen MR) is 47.7 cm³/mol. The van der Waals surface area contributed by atoms with Crippen molar-refractivity contribution in [3.8, 4) is 0 Å². The number of carbonyl (C=O) groups is 1. The molecule has 3 nitrogen and oxygen atoms in total. The molecule has 1 aliphatic carbocycles. The number of ether oxygens (including phenoxy) is 1. The maximum Gasteiger partial charge on any atom is 0.156 e. The number of allylic oxidation sites excluding steroid dienone is 2. The Hall–Kier alpha value is -0.610. The van der Waals surface area contributed by atoms with Crippen LogP contribution in [0.3, 0.4) is 0 Å². The fourth-order valence-electron chi connectivity index (χ4n) is 1.02. The maximum atomic E-state index is 10.5. The molecule has 1 unspecified atom stereocenters. The fourth-order valence-corrected chi connectivity index (χ4v) is 1.67. The van der Waals surface area contributed by atoms with E-state index in [1.165, 1.54) is 13.2 Å². The van der Waals surface area contributed by atoms with Crippen LogP contribution in [0.1, 0.15) is 6.42 Å². The third-order valence-corrected chi connectivity index (χ3v) is 2.07. The topological polar surface area (TPSA) is 46.5 Å². The predicted octanol–water partition coefficient (Wildman–Crippen LogP) is 1.13. The minimum atomic E-state index is -1.42. The van der Waals surface area contributed by atoms with Gasteiger partial charge in [0.15, 0.2) is 6.29 Å². The van der Waals surface area contributed by atoms with Crippen molar-refractivity contribution in [2.75, 3.05) is 7.11 Å². The van der Waals surface area contributed by atoms with Crippen molar-refractivity contribution in [1.29, 1.82) is 0 Å². The molecule has 0 aromatic heterocycles. The second-order valence-corrected chi connectivity index (χ2v) is 3.55. The van der Waals surface area contributed by atoms with Crippen LogP contribution in [0.5, 0.6) is 0 Å². The number of methoxy groups -OCH3 is 1. The Morgan fingerprint density at radius 2 is 2.50 bits per heavy atom. The summed E-state index contributed by atoms with van der Waals surface area (Å²) in [6, 6.07) is 0. The molecule has 1 atom stereocenters. The number of halogens is 1.